The maximum absolute atomic E-state index is 14.8. The first kappa shape index (κ1) is 25.9. The summed E-state index contributed by atoms with van der Waals surface area (Å²) in [6.45, 7) is 0. The summed E-state index contributed by atoms with van der Waals surface area (Å²) in [5.74, 6) is -1.14. The van der Waals surface area contributed by atoms with E-state index >= 15 is 0 Å². The number of hydrogen-bond acceptors (Lipinski definition) is 7. The molecule has 0 atom stereocenters. The van der Waals surface area contributed by atoms with Gasteiger partial charge in [-0.3, -0.25) is 9.48 Å². The van der Waals surface area contributed by atoms with Crippen molar-refractivity contribution >= 4 is 23.5 Å². The molecule has 0 unspecified atom stereocenters. The first-order chi connectivity index (χ1) is 18.1. The van der Waals surface area contributed by atoms with E-state index in [2.05, 4.69) is 25.5 Å². The lowest BCUT2D eigenvalue weighted by Gasteiger charge is -2.14. The van der Waals surface area contributed by atoms with Gasteiger partial charge in [0.2, 0.25) is 5.91 Å². The van der Waals surface area contributed by atoms with Gasteiger partial charge in [-0.1, -0.05) is 17.3 Å². The van der Waals surface area contributed by atoms with E-state index in [1.807, 2.05) is 19.5 Å². The van der Waals surface area contributed by atoms with Crippen LogP contribution in [-0.2, 0) is 30.1 Å². The Morgan fingerprint density at radius 2 is 1.89 bits per heavy atom. The number of thioether (sulfide) groups is 1. The van der Waals surface area contributed by atoms with Crippen LogP contribution >= 0.6 is 11.8 Å². The van der Waals surface area contributed by atoms with Crippen LogP contribution < -0.4 is 5.32 Å². The van der Waals surface area contributed by atoms with Crippen molar-refractivity contribution in [2.75, 3.05) is 11.6 Å². The number of benzene rings is 1. The highest BCUT2D eigenvalue weighted by Gasteiger charge is 2.66. The van der Waals surface area contributed by atoms with Crippen molar-refractivity contribution in [2.24, 2.45) is 7.05 Å². The number of carbonyl (C=O) groups excluding carboxylic acids is 1. The number of nitrogens with zero attached hydrogens (tertiary/aromatic N) is 5. The molecule has 1 fully saturated rings. The third kappa shape index (κ3) is 5.15. The highest BCUT2D eigenvalue weighted by atomic mass is 32.2. The fraction of sp³-hybridized carbons (Fsp3) is 0.320. The van der Waals surface area contributed by atoms with Gasteiger partial charge in [0.25, 0.3) is 0 Å². The number of anilines is 1. The van der Waals surface area contributed by atoms with Gasteiger partial charge in [-0.25, -0.2) is 14.4 Å². The normalized spacial score (nSPS) is 14.5. The number of amides is 1. The Kier molecular flexibility index (Phi) is 6.72. The van der Waals surface area contributed by atoms with Crippen LogP contribution in [0.15, 0.2) is 52.4 Å². The number of halogens is 4. The number of alkyl halides is 3. The monoisotopic (exact) mass is 546 g/mol. The topological polar surface area (TPSA) is 98.7 Å². The van der Waals surface area contributed by atoms with E-state index in [1.54, 1.807) is 34.9 Å². The second-order valence-corrected chi connectivity index (χ2v) is 9.88. The Labute approximate surface area is 218 Å². The molecule has 1 aliphatic carbocycles. The SMILES string of the molecule is CSc1nn(C)cc1Cc1ncc(-c2ccc(CC(=O)Nc3cc(C4(C(F)(F)F)CC4)on3)c(F)c2)cn1. The number of aromatic nitrogens is 5. The molecular weight excluding hydrogens is 524 g/mol. The molecule has 1 aromatic carbocycles. The van der Waals surface area contributed by atoms with Gasteiger partial charge in [-0.05, 0) is 36.3 Å². The van der Waals surface area contributed by atoms with Crippen LogP contribution in [0.25, 0.3) is 11.1 Å². The van der Waals surface area contributed by atoms with Gasteiger partial charge in [0.1, 0.15) is 22.1 Å². The molecule has 0 aliphatic heterocycles. The van der Waals surface area contributed by atoms with E-state index in [0.29, 0.717) is 23.4 Å². The molecule has 1 saturated carbocycles. The molecule has 0 bridgehead atoms. The second-order valence-electron chi connectivity index (χ2n) is 9.09. The summed E-state index contributed by atoms with van der Waals surface area (Å²) in [7, 11) is 1.85. The molecule has 3 heterocycles. The zero-order valence-corrected chi connectivity index (χ0v) is 21.2. The molecule has 4 aromatic rings. The Morgan fingerprint density at radius 1 is 1.16 bits per heavy atom. The largest absolute Gasteiger partial charge is 0.401 e. The average Bonchev–Trinajstić information content (AvgIpc) is 3.45. The molecule has 8 nitrogen and oxygen atoms in total. The molecule has 0 spiro atoms. The molecule has 3 aromatic heterocycles. The molecule has 1 amide bonds. The molecule has 5 rings (SSSR count). The molecule has 38 heavy (non-hydrogen) atoms. The average molecular weight is 547 g/mol. The lowest BCUT2D eigenvalue weighted by atomic mass is 10.0. The van der Waals surface area contributed by atoms with Crippen molar-refractivity contribution in [1.29, 1.82) is 0 Å². The first-order valence-corrected chi connectivity index (χ1v) is 12.8. The Bertz CT molecular complexity index is 1480. The van der Waals surface area contributed by atoms with E-state index < -0.39 is 23.3 Å². The Morgan fingerprint density at radius 3 is 2.53 bits per heavy atom. The summed E-state index contributed by atoms with van der Waals surface area (Å²) in [4.78, 5) is 21.2. The zero-order chi connectivity index (χ0) is 27.1. The molecule has 13 heteroatoms. The van der Waals surface area contributed by atoms with E-state index in [-0.39, 0.29) is 36.4 Å². The lowest BCUT2D eigenvalue weighted by molar-refractivity contribution is -0.165. The van der Waals surface area contributed by atoms with Crippen LogP contribution in [0.4, 0.5) is 23.4 Å². The standard InChI is InChI=1S/C25H22F4N6O2S/c1-35-13-16(23(33-35)38-2)8-20-30-11-17(12-31-20)14-3-4-15(18(26)7-14)9-22(36)32-21-10-19(37-34-21)24(5-6-24)25(27,28)29/h3-4,7,10-13H,5-6,8-9H2,1-2H3,(H,32,34,36). The first-order valence-electron chi connectivity index (χ1n) is 11.6. The number of rotatable bonds is 8. The number of hydrogen-bond donors (Lipinski definition) is 1. The van der Waals surface area contributed by atoms with Crippen molar-refractivity contribution < 1.29 is 26.9 Å². The van der Waals surface area contributed by atoms with E-state index in [9.17, 15) is 22.4 Å². The highest BCUT2D eigenvalue weighted by Crippen LogP contribution is 2.59. The molecular formula is C25H22F4N6O2S. The van der Waals surface area contributed by atoms with E-state index in [0.717, 1.165) is 16.7 Å². The zero-order valence-electron chi connectivity index (χ0n) is 20.3. The Balaban J connectivity index is 1.22. The van der Waals surface area contributed by atoms with Crippen molar-refractivity contribution in [2.45, 2.75) is 42.3 Å². The summed E-state index contributed by atoms with van der Waals surface area (Å²) in [5.41, 5.74) is 0.225. The van der Waals surface area contributed by atoms with Crippen LogP contribution in [-0.4, -0.2) is 43.2 Å². The highest BCUT2D eigenvalue weighted by molar-refractivity contribution is 7.98. The van der Waals surface area contributed by atoms with Crippen LogP contribution in [0.5, 0.6) is 0 Å². The van der Waals surface area contributed by atoms with Crippen LogP contribution in [0, 0.1) is 5.82 Å². The third-order valence-electron chi connectivity index (χ3n) is 6.39. The van der Waals surface area contributed by atoms with Gasteiger partial charge >= 0.3 is 6.18 Å². The molecule has 1 N–H and O–H groups in total. The maximum Gasteiger partial charge on any atom is 0.401 e. The molecule has 0 radical (unpaired) electrons. The van der Waals surface area contributed by atoms with Gasteiger partial charge in [0, 0.05) is 49.3 Å². The third-order valence-corrected chi connectivity index (χ3v) is 7.12. The summed E-state index contributed by atoms with van der Waals surface area (Å²) in [6.07, 6.45) is 2.61. The fourth-order valence-electron chi connectivity index (χ4n) is 4.16. The van der Waals surface area contributed by atoms with Gasteiger partial charge in [-0.15, -0.1) is 11.8 Å². The van der Waals surface area contributed by atoms with Gasteiger partial charge in [0.05, 0.1) is 6.42 Å². The van der Waals surface area contributed by atoms with Crippen LogP contribution in [0.3, 0.4) is 0 Å². The molecule has 1 aliphatic rings. The number of carbonyl (C=O) groups is 1. The lowest BCUT2D eigenvalue weighted by Crippen LogP contribution is -2.28. The molecule has 198 valence electrons. The predicted octanol–water partition coefficient (Wildman–Crippen LogP) is 5.09. The van der Waals surface area contributed by atoms with Crippen LogP contribution in [0.2, 0.25) is 0 Å². The minimum Gasteiger partial charge on any atom is -0.358 e. The van der Waals surface area contributed by atoms with Crippen molar-refractivity contribution in [1.82, 2.24) is 24.9 Å². The fourth-order valence-corrected chi connectivity index (χ4v) is 4.76. The van der Waals surface area contributed by atoms with Crippen LogP contribution in [0.1, 0.15) is 35.6 Å². The van der Waals surface area contributed by atoms with Gasteiger partial charge in [-0.2, -0.15) is 18.3 Å². The second kappa shape index (κ2) is 9.86. The minimum absolute atomic E-state index is 0.0894. The van der Waals surface area contributed by atoms with E-state index in [1.165, 1.54) is 12.1 Å². The summed E-state index contributed by atoms with van der Waals surface area (Å²) >= 11 is 1.54. The minimum atomic E-state index is -4.46. The van der Waals surface area contributed by atoms with Crippen molar-refractivity contribution in [3.05, 3.63) is 71.4 Å². The summed E-state index contributed by atoms with van der Waals surface area (Å²) in [5, 5.41) is 11.2. The van der Waals surface area contributed by atoms with Crippen molar-refractivity contribution in [3.63, 3.8) is 0 Å². The maximum atomic E-state index is 14.8. The number of nitrogens with one attached hydrogen (secondary N) is 1. The molecule has 0 saturated heterocycles. The smallest absolute Gasteiger partial charge is 0.358 e. The summed E-state index contributed by atoms with van der Waals surface area (Å²) < 4.78 is 61.1. The van der Waals surface area contributed by atoms with E-state index in [4.69, 9.17) is 4.52 Å². The van der Waals surface area contributed by atoms with Crippen molar-refractivity contribution in [3.8, 4) is 11.1 Å². The quantitative estimate of drug-likeness (QED) is 0.243. The Hall–Kier alpha value is -3.74. The predicted molar refractivity (Wildman–Crippen MR) is 131 cm³/mol. The number of aryl methyl sites for hydroxylation is 1. The summed E-state index contributed by atoms with van der Waals surface area (Å²) in [6, 6.07) is 5.46. The van der Waals surface area contributed by atoms with Gasteiger partial charge in [0.15, 0.2) is 11.6 Å². The van der Waals surface area contributed by atoms with Gasteiger partial charge < -0.3 is 9.84 Å².